The zero-order chi connectivity index (χ0) is 32.0. The summed E-state index contributed by atoms with van der Waals surface area (Å²) in [6, 6.07) is 11.6. The van der Waals surface area contributed by atoms with Gasteiger partial charge in [-0.05, 0) is 36.8 Å². The maximum absolute atomic E-state index is 14.8. The molecule has 0 spiro atoms. The SMILES string of the molecule is CCn1c(C(N)c2ccc(Cl)cc2)nc2cc(F)c(-c3ccnc(N)n3)cc21.O=C([O-])C(F)(F)F.O=C([O-])C(F)(F)F. The van der Waals surface area contributed by atoms with E-state index in [-0.39, 0.29) is 5.95 Å². The van der Waals surface area contributed by atoms with Gasteiger partial charge in [0.05, 0.1) is 22.8 Å². The van der Waals surface area contributed by atoms with Crippen molar-refractivity contribution >= 4 is 40.5 Å². The van der Waals surface area contributed by atoms with Crippen LogP contribution in [0.2, 0.25) is 5.02 Å². The lowest BCUT2D eigenvalue weighted by atomic mass is 10.1. The van der Waals surface area contributed by atoms with Crippen molar-refractivity contribution in [3.8, 4) is 11.3 Å². The fourth-order valence-corrected chi connectivity index (χ4v) is 3.40. The topological polar surface area (TPSA) is 176 Å². The maximum atomic E-state index is 14.8. The predicted molar refractivity (Wildman–Crippen MR) is 130 cm³/mol. The number of halogens is 8. The molecule has 0 radical (unpaired) electrons. The Balaban J connectivity index is 0.000000367. The molecule has 1 atom stereocenters. The third kappa shape index (κ3) is 8.74. The number of nitrogens with zero attached hydrogens (tertiary/aromatic N) is 4. The molecule has 0 aliphatic carbocycles. The van der Waals surface area contributed by atoms with Crippen molar-refractivity contribution in [1.82, 2.24) is 19.5 Å². The molecule has 1 unspecified atom stereocenters. The number of alkyl halides is 6. The lowest BCUT2D eigenvalue weighted by molar-refractivity contribution is -0.344. The van der Waals surface area contributed by atoms with Crippen LogP contribution in [0.3, 0.4) is 0 Å². The summed E-state index contributed by atoms with van der Waals surface area (Å²) in [5.74, 6) is -5.71. The van der Waals surface area contributed by atoms with Gasteiger partial charge in [0.25, 0.3) is 0 Å². The van der Waals surface area contributed by atoms with E-state index < -0.39 is 36.2 Å². The zero-order valence-corrected chi connectivity index (χ0v) is 21.8. The van der Waals surface area contributed by atoms with Crippen LogP contribution in [0.25, 0.3) is 22.3 Å². The minimum atomic E-state index is -5.19. The number of benzene rings is 2. The van der Waals surface area contributed by atoms with Gasteiger partial charge in [-0.1, -0.05) is 23.7 Å². The summed E-state index contributed by atoms with van der Waals surface area (Å²) in [5.41, 5.74) is 15.0. The molecule has 0 fully saturated rings. The second-order valence-electron chi connectivity index (χ2n) is 7.93. The van der Waals surface area contributed by atoms with Gasteiger partial charge in [0.2, 0.25) is 5.95 Å². The van der Waals surface area contributed by atoms with Gasteiger partial charge in [-0.25, -0.2) is 19.3 Å². The van der Waals surface area contributed by atoms with Crippen LogP contribution < -0.4 is 21.7 Å². The van der Waals surface area contributed by atoms with Gasteiger partial charge < -0.3 is 35.8 Å². The number of nitrogens with two attached hydrogens (primary N) is 2. The molecule has 226 valence electrons. The highest BCUT2D eigenvalue weighted by atomic mass is 35.5. The summed E-state index contributed by atoms with van der Waals surface area (Å²) in [7, 11) is 0. The van der Waals surface area contributed by atoms with Crippen molar-refractivity contribution < 1.29 is 50.5 Å². The molecule has 4 N–H and O–H groups in total. The molecule has 2 aromatic carbocycles. The zero-order valence-electron chi connectivity index (χ0n) is 21.0. The number of carboxylic acids is 2. The Kier molecular flexibility index (Phi) is 10.8. The Morgan fingerprint density at radius 3 is 1.95 bits per heavy atom. The molecule has 10 nitrogen and oxygen atoms in total. The average Bonchev–Trinajstić information content (AvgIpc) is 3.25. The van der Waals surface area contributed by atoms with Gasteiger partial charge >= 0.3 is 12.4 Å². The van der Waals surface area contributed by atoms with Crippen LogP contribution in [-0.4, -0.2) is 43.8 Å². The van der Waals surface area contributed by atoms with Crippen molar-refractivity contribution in [3.05, 3.63) is 70.9 Å². The van der Waals surface area contributed by atoms with Gasteiger partial charge in [0.15, 0.2) is 0 Å². The first-order chi connectivity index (χ1) is 19.4. The second-order valence-corrected chi connectivity index (χ2v) is 8.37. The number of anilines is 1. The summed E-state index contributed by atoms with van der Waals surface area (Å²) in [6.45, 7) is 2.62. The number of carbonyl (C=O) groups excluding carboxylic acids is 2. The molecule has 2 aromatic heterocycles. The standard InChI is InChI=1S/C20H18ClFN6.2C2HF3O2/c1-2-28-17-9-13(15-7-8-25-20(24)27-15)14(22)10-16(17)26-19(28)18(23)11-3-5-12(21)6-4-11;2*3-2(4,5)1(6)7/h3-10,18H,2,23H2,1H3,(H2,24,25,27);2*(H,6,7)/p-2. The van der Waals surface area contributed by atoms with Crippen LogP contribution in [0.15, 0.2) is 48.7 Å². The average molecular weight is 623 g/mol. The third-order valence-electron chi connectivity index (χ3n) is 5.10. The van der Waals surface area contributed by atoms with Crippen LogP contribution in [0.1, 0.15) is 24.4 Å². The number of aryl methyl sites for hydroxylation is 1. The Labute approximate surface area is 236 Å². The fraction of sp³-hybridized carbons (Fsp3) is 0.208. The molecule has 42 heavy (non-hydrogen) atoms. The van der Waals surface area contributed by atoms with E-state index in [2.05, 4.69) is 15.0 Å². The van der Waals surface area contributed by atoms with E-state index in [1.807, 2.05) is 23.6 Å². The molecule has 18 heteroatoms. The van der Waals surface area contributed by atoms with Gasteiger partial charge in [-0.15, -0.1) is 0 Å². The maximum Gasteiger partial charge on any atom is 0.430 e. The van der Waals surface area contributed by atoms with E-state index >= 15 is 0 Å². The highest BCUT2D eigenvalue weighted by Gasteiger charge is 2.29. The summed E-state index contributed by atoms with van der Waals surface area (Å²) >= 11 is 5.97. The summed E-state index contributed by atoms with van der Waals surface area (Å²) in [6.07, 6.45) is -8.89. The number of aliphatic carboxylic acids is 2. The van der Waals surface area contributed by atoms with Crippen LogP contribution in [-0.2, 0) is 16.1 Å². The molecule has 4 aromatic rings. The van der Waals surface area contributed by atoms with Gasteiger partial charge in [0.1, 0.15) is 23.6 Å². The molecule has 0 aliphatic heterocycles. The number of hydrogen-bond acceptors (Lipinski definition) is 9. The van der Waals surface area contributed by atoms with Gasteiger partial charge in [-0.3, -0.25) is 0 Å². The van der Waals surface area contributed by atoms with E-state index in [4.69, 9.17) is 42.9 Å². The van der Waals surface area contributed by atoms with Gasteiger partial charge in [0, 0.05) is 29.4 Å². The van der Waals surface area contributed by atoms with Crippen LogP contribution >= 0.6 is 11.6 Å². The number of nitrogen functional groups attached to an aromatic ring is 1. The minimum absolute atomic E-state index is 0.0893. The quantitative estimate of drug-likeness (QED) is 0.324. The second kappa shape index (κ2) is 13.4. The Hall–Kier alpha value is -4.51. The van der Waals surface area contributed by atoms with E-state index in [1.165, 1.54) is 12.3 Å². The van der Waals surface area contributed by atoms with Crippen molar-refractivity contribution in [3.63, 3.8) is 0 Å². The normalized spacial score (nSPS) is 12.0. The molecule has 0 amide bonds. The number of carbonyl (C=O) groups is 2. The first-order valence-electron chi connectivity index (χ1n) is 11.2. The molecule has 4 rings (SSSR count). The van der Waals surface area contributed by atoms with E-state index in [0.717, 1.165) is 11.1 Å². The van der Waals surface area contributed by atoms with Crippen LogP contribution in [0, 0.1) is 5.82 Å². The summed E-state index contributed by atoms with van der Waals surface area (Å²) in [5, 5.41) is 18.2. The Morgan fingerprint density at radius 1 is 0.976 bits per heavy atom. The first kappa shape index (κ1) is 33.7. The molecule has 0 saturated heterocycles. The first-order valence-corrected chi connectivity index (χ1v) is 11.6. The van der Waals surface area contributed by atoms with Crippen LogP contribution in [0.5, 0.6) is 0 Å². The number of rotatable bonds is 4. The van der Waals surface area contributed by atoms with Crippen LogP contribution in [0.4, 0.5) is 36.7 Å². The van der Waals surface area contributed by atoms with E-state index in [9.17, 15) is 30.7 Å². The monoisotopic (exact) mass is 622 g/mol. The molecule has 0 bridgehead atoms. The summed E-state index contributed by atoms with van der Waals surface area (Å²) in [4.78, 5) is 30.2. The van der Waals surface area contributed by atoms with Crippen molar-refractivity contribution in [2.75, 3.05) is 5.73 Å². The highest BCUT2D eigenvalue weighted by molar-refractivity contribution is 6.30. The smallest absolute Gasteiger partial charge is 0.430 e. The number of imidazole rings is 1. The third-order valence-corrected chi connectivity index (χ3v) is 5.36. The molecule has 0 aliphatic rings. The Morgan fingerprint density at radius 2 is 1.50 bits per heavy atom. The number of fused-ring (bicyclic) bond motifs is 1. The number of aromatic nitrogens is 4. The molecule has 2 heterocycles. The molecule has 0 saturated carbocycles. The van der Waals surface area contributed by atoms with Crippen molar-refractivity contribution in [2.45, 2.75) is 31.9 Å². The van der Waals surface area contributed by atoms with Crippen molar-refractivity contribution in [1.29, 1.82) is 0 Å². The van der Waals surface area contributed by atoms with Gasteiger partial charge in [-0.2, -0.15) is 26.3 Å². The number of hydrogen-bond donors (Lipinski definition) is 2. The fourth-order valence-electron chi connectivity index (χ4n) is 3.27. The minimum Gasteiger partial charge on any atom is -0.542 e. The predicted octanol–water partition coefficient (Wildman–Crippen LogP) is 2.53. The highest BCUT2D eigenvalue weighted by Crippen LogP contribution is 2.30. The largest absolute Gasteiger partial charge is 0.542 e. The van der Waals surface area contributed by atoms with Crippen molar-refractivity contribution in [2.24, 2.45) is 5.73 Å². The van der Waals surface area contributed by atoms with E-state index in [1.54, 1.807) is 24.3 Å². The lowest BCUT2D eigenvalue weighted by Crippen LogP contribution is -2.37. The molecular weight excluding hydrogens is 605 g/mol. The number of carboxylic acid groups (broad SMARTS) is 2. The van der Waals surface area contributed by atoms with E-state index in [0.29, 0.717) is 34.2 Å². The summed E-state index contributed by atoms with van der Waals surface area (Å²) < 4.78 is 79.8. The Bertz CT molecular complexity index is 1540. The lowest BCUT2D eigenvalue weighted by Gasteiger charge is -2.14. The molecular formula is C24H18ClF7N6O4-2.